The smallest absolute Gasteiger partial charge is 0.122 e. The summed E-state index contributed by atoms with van der Waals surface area (Å²) in [5.41, 5.74) is 1.22. The van der Waals surface area contributed by atoms with Gasteiger partial charge in [0, 0.05) is 12.1 Å². The second-order valence-corrected chi connectivity index (χ2v) is 5.24. The van der Waals surface area contributed by atoms with Crippen LogP contribution >= 0.6 is 0 Å². The minimum Gasteiger partial charge on any atom is -0.497 e. The topological polar surface area (TPSA) is 33.7 Å². The van der Waals surface area contributed by atoms with Crippen molar-refractivity contribution in [3.63, 3.8) is 0 Å². The van der Waals surface area contributed by atoms with E-state index in [9.17, 15) is 0 Å². The molecule has 0 aliphatic heterocycles. The Bertz CT molecular complexity index is 372. The summed E-state index contributed by atoms with van der Waals surface area (Å²) < 4.78 is 10.7. The fourth-order valence-corrected chi connectivity index (χ4v) is 2.12. The molecule has 0 aromatic heterocycles. The zero-order valence-electron chi connectivity index (χ0n) is 13.4. The Hall–Kier alpha value is -1.26. The van der Waals surface area contributed by atoms with Gasteiger partial charge in [0.15, 0.2) is 0 Å². The van der Waals surface area contributed by atoms with Crippen LogP contribution in [0, 0.1) is 0 Å². The molecule has 1 rings (SSSR count). The van der Waals surface area contributed by atoms with Crippen molar-refractivity contribution < 1.29 is 9.47 Å². The van der Waals surface area contributed by atoms with E-state index in [0.717, 1.165) is 37.4 Å². The van der Waals surface area contributed by atoms with Crippen LogP contribution in [0.2, 0.25) is 0 Å². The number of hydrogen-bond acceptors (Lipinski definition) is 4. The molecule has 0 aliphatic carbocycles. The molecule has 0 fully saturated rings. The highest BCUT2D eigenvalue weighted by atomic mass is 16.5. The lowest BCUT2D eigenvalue weighted by atomic mass is 10.0. The van der Waals surface area contributed by atoms with Crippen molar-refractivity contribution in [2.75, 3.05) is 41.4 Å². The lowest BCUT2D eigenvalue weighted by molar-refractivity contribution is 0.357. The second-order valence-electron chi connectivity index (χ2n) is 5.24. The molecule has 0 aliphatic rings. The number of nitrogens with zero attached hydrogens (tertiary/aromatic N) is 1. The van der Waals surface area contributed by atoms with Gasteiger partial charge < -0.3 is 19.7 Å². The summed E-state index contributed by atoms with van der Waals surface area (Å²) in [7, 11) is 7.58. The monoisotopic (exact) mass is 280 g/mol. The molecule has 0 saturated carbocycles. The fourth-order valence-electron chi connectivity index (χ4n) is 2.12. The molecule has 114 valence electrons. The lowest BCUT2D eigenvalue weighted by Crippen LogP contribution is -2.26. The van der Waals surface area contributed by atoms with Gasteiger partial charge in [-0.05, 0) is 57.7 Å². The second kappa shape index (κ2) is 8.82. The average Bonchev–Trinajstić information content (AvgIpc) is 2.46. The van der Waals surface area contributed by atoms with Crippen LogP contribution in [0.25, 0.3) is 0 Å². The first-order valence-electron chi connectivity index (χ1n) is 7.21. The maximum atomic E-state index is 5.36. The maximum Gasteiger partial charge on any atom is 0.122 e. The van der Waals surface area contributed by atoms with E-state index in [1.807, 2.05) is 6.07 Å². The van der Waals surface area contributed by atoms with Crippen LogP contribution in [0.1, 0.15) is 31.4 Å². The van der Waals surface area contributed by atoms with Crippen LogP contribution in [-0.4, -0.2) is 46.3 Å². The van der Waals surface area contributed by atoms with Crippen LogP contribution in [0.4, 0.5) is 0 Å². The summed E-state index contributed by atoms with van der Waals surface area (Å²) in [6, 6.07) is 6.41. The van der Waals surface area contributed by atoms with Gasteiger partial charge in [-0.1, -0.05) is 6.92 Å². The van der Waals surface area contributed by atoms with Crippen LogP contribution in [0.15, 0.2) is 18.2 Å². The first-order valence-corrected chi connectivity index (χ1v) is 7.21. The fraction of sp³-hybridized carbons (Fsp3) is 0.625. The highest BCUT2D eigenvalue weighted by Crippen LogP contribution is 2.28. The van der Waals surface area contributed by atoms with E-state index in [1.165, 1.54) is 5.56 Å². The van der Waals surface area contributed by atoms with E-state index in [2.05, 4.69) is 43.4 Å². The Morgan fingerprint density at radius 3 is 2.15 bits per heavy atom. The maximum absolute atomic E-state index is 5.36. The van der Waals surface area contributed by atoms with Gasteiger partial charge in [-0.25, -0.2) is 0 Å². The normalized spacial score (nSPS) is 12.5. The number of ether oxygens (including phenoxy) is 2. The molecule has 0 radical (unpaired) electrons. The minimum atomic E-state index is 0.321. The predicted molar refractivity (Wildman–Crippen MR) is 83.8 cm³/mol. The molecule has 1 unspecified atom stereocenters. The number of methoxy groups -OCH3 is 2. The highest BCUT2D eigenvalue weighted by molar-refractivity contribution is 5.39. The standard InChI is InChI=1S/C16H28N2O2/c1-6-8-17-16(7-9-18(2)3)13-10-14(19-4)12-15(11-13)20-5/h10-12,16-17H,6-9H2,1-5H3. The number of rotatable bonds is 9. The van der Waals surface area contributed by atoms with Crippen molar-refractivity contribution >= 4 is 0 Å². The molecule has 4 nitrogen and oxygen atoms in total. The molecule has 4 heteroatoms. The molecule has 0 heterocycles. The van der Waals surface area contributed by atoms with Crippen molar-refractivity contribution in [1.29, 1.82) is 0 Å². The van der Waals surface area contributed by atoms with E-state index in [0.29, 0.717) is 6.04 Å². The van der Waals surface area contributed by atoms with Gasteiger partial charge in [-0.15, -0.1) is 0 Å². The van der Waals surface area contributed by atoms with Gasteiger partial charge in [0.1, 0.15) is 11.5 Å². The zero-order chi connectivity index (χ0) is 15.0. The Morgan fingerprint density at radius 2 is 1.70 bits per heavy atom. The Balaban J connectivity index is 2.91. The van der Waals surface area contributed by atoms with E-state index in [1.54, 1.807) is 14.2 Å². The summed E-state index contributed by atoms with van der Waals surface area (Å²) in [4.78, 5) is 2.21. The molecule has 0 amide bonds. The minimum absolute atomic E-state index is 0.321. The van der Waals surface area contributed by atoms with Gasteiger partial charge in [-0.3, -0.25) is 0 Å². The summed E-state index contributed by atoms with van der Waals surface area (Å²) in [5, 5.41) is 3.61. The van der Waals surface area contributed by atoms with Gasteiger partial charge in [0.05, 0.1) is 14.2 Å². The van der Waals surface area contributed by atoms with Crippen molar-refractivity contribution in [2.45, 2.75) is 25.8 Å². The van der Waals surface area contributed by atoms with Crippen LogP contribution in [-0.2, 0) is 0 Å². The van der Waals surface area contributed by atoms with Crippen molar-refractivity contribution in [3.8, 4) is 11.5 Å². The molecule has 0 bridgehead atoms. The third kappa shape index (κ3) is 5.39. The Labute approximate surface area is 123 Å². The quantitative estimate of drug-likeness (QED) is 0.754. The third-order valence-corrected chi connectivity index (χ3v) is 3.28. The highest BCUT2D eigenvalue weighted by Gasteiger charge is 2.13. The molecule has 20 heavy (non-hydrogen) atoms. The molecule has 1 aromatic carbocycles. The predicted octanol–water partition coefficient (Wildman–Crippen LogP) is 2.70. The summed E-state index contributed by atoms with van der Waals surface area (Å²) in [5.74, 6) is 1.68. The van der Waals surface area contributed by atoms with Gasteiger partial charge >= 0.3 is 0 Å². The molecule has 1 N–H and O–H groups in total. The van der Waals surface area contributed by atoms with E-state index >= 15 is 0 Å². The zero-order valence-corrected chi connectivity index (χ0v) is 13.4. The molecule has 0 spiro atoms. The van der Waals surface area contributed by atoms with Crippen LogP contribution in [0.5, 0.6) is 11.5 Å². The third-order valence-electron chi connectivity index (χ3n) is 3.28. The van der Waals surface area contributed by atoms with E-state index in [-0.39, 0.29) is 0 Å². The summed E-state index contributed by atoms with van der Waals surface area (Å²) in [6.45, 7) is 4.24. The number of benzene rings is 1. The van der Waals surface area contributed by atoms with Crippen LogP contribution in [0.3, 0.4) is 0 Å². The first-order chi connectivity index (χ1) is 9.60. The molecule has 1 atom stereocenters. The van der Waals surface area contributed by atoms with Gasteiger partial charge in [0.25, 0.3) is 0 Å². The van der Waals surface area contributed by atoms with E-state index < -0.39 is 0 Å². The molecular formula is C16H28N2O2. The van der Waals surface area contributed by atoms with Crippen molar-refractivity contribution in [2.24, 2.45) is 0 Å². The largest absolute Gasteiger partial charge is 0.497 e. The number of hydrogen-bond donors (Lipinski definition) is 1. The van der Waals surface area contributed by atoms with Crippen LogP contribution < -0.4 is 14.8 Å². The summed E-state index contributed by atoms with van der Waals surface area (Å²) >= 11 is 0. The van der Waals surface area contributed by atoms with Crippen molar-refractivity contribution in [1.82, 2.24) is 10.2 Å². The van der Waals surface area contributed by atoms with E-state index in [4.69, 9.17) is 9.47 Å². The lowest BCUT2D eigenvalue weighted by Gasteiger charge is -2.22. The molecule has 1 aromatic rings. The summed E-state index contributed by atoms with van der Waals surface area (Å²) in [6.07, 6.45) is 2.18. The van der Waals surface area contributed by atoms with Crippen molar-refractivity contribution in [3.05, 3.63) is 23.8 Å². The Morgan fingerprint density at radius 1 is 1.10 bits per heavy atom. The first kappa shape index (κ1) is 16.8. The van der Waals surface area contributed by atoms with Gasteiger partial charge in [-0.2, -0.15) is 0 Å². The SMILES string of the molecule is CCCNC(CCN(C)C)c1cc(OC)cc(OC)c1. The molecular weight excluding hydrogens is 252 g/mol. The molecule has 0 saturated heterocycles. The van der Waals surface area contributed by atoms with Gasteiger partial charge in [0.2, 0.25) is 0 Å². The average molecular weight is 280 g/mol. The number of nitrogens with one attached hydrogen (secondary N) is 1. The Kier molecular flexibility index (Phi) is 7.41.